The topological polar surface area (TPSA) is 126 Å². The lowest BCUT2D eigenvalue weighted by atomic mass is 10.0. The number of aliphatic imine (C=N–C) groups is 1. The van der Waals surface area contributed by atoms with E-state index in [0.29, 0.717) is 16.3 Å². The van der Waals surface area contributed by atoms with Crippen LogP contribution in [0, 0.1) is 0 Å². The van der Waals surface area contributed by atoms with Gasteiger partial charge < -0.3 is 5.11 Å². The molecule has 34 heavy (non-hydrogen) atoms. The molecule has 5 aromatic rings. The molecule has 0 aliphatic rings. The number of aromatic amines is 1. The molecular formula is C25H19N3O4S2. The van der Waals surface area contributed by atoms with Crippen molar-refractivity contribution in [2.24, 2.45) is 10.1 Å². The average molecular weight is 490 g/mol. The first kappa shape index (κ1) is 22.0. The largest absolute Gasteiger partial charge is 0.494 e. The SMILES string of the molecule is NS(=O)(=O)c1ccc(CN=Cc2c(O)[nH]c(=O)c3ccc(-c4cc5ccccc5s4)cc23)cc1. The van der Waals surface area contributed by atoms with Crippen LogP contribution in [0.5, 0.6) is 5.88 Å². The highest BCUT2D eigenvalue weighted by molar-refractivity contribution is 7.89. The summed E-state index contributed by atoms with van der Waals surface area (Å²) in [6.07, 6.45) is 1.51. The van der Waals surface area contributed by atoms with E-state index < -0.39 is 10.0 Å². The smallest absolute Gasteiger partial charge is 0.258 e. The number of pyridine rings is 1. The number of benzene rings is 3. The second kappa shape index (κ2) is 8.53. The monoisotopic (exact) mass is 489 g/mol. The van der Waals surface area contributed by atoms with Gasteiger partial charge in [0.2, 0.25) is 15.9 Å². The van der Waals surface area contributed by atoms with Gasteiger partial charge in [0.05, 0.1) is 17.0 Å². The van der Waals surface area contributed by atoms with E-state index in [1.165, 1.54) is 23.0 Å². The minimum Gasteiger partial charge on any atom is -0.494 e. The molecule has 9 heteroatoms. The summed E-state index contributed by atoms with van der Waals surface area (Å²) in [6.45, 7) is 0.251. The summed E-state index contributed by atoms with van der Waals surface area (Å²) in [7, 11) is -3.76. The summed E-state index contributed by atoms with van der Waals surface area (Å²) in [5.74, 6) is -0.265. The molecule has 5 rings (SSSR count). The Balaban J connectivity index is 1.52. The Morgan fingerprint density at radius 1 is 1.00 bits per heavy atom. The Hall–Kier alpha value is -3.79. The van der Waals surface area contributed by atoms with E-state index in [2.05, 4.69) is 28.2 Å². The van der Waals surface area contributed by atoms with Gasteiger partial charge in [-0.1, -0.05) is 36.4 Å². The van der Waals surface area contributed by atoms with Crippen LogP contribution in [0.3, 0.4) is 0 Å². The van der Waals surface area contributed by atoms with Crippen LogP contribution in [0.4, 0.5) is 0 Å². The van der Waals surface area contributed by atoms with Crippen LogP contribution in [0.2, 0.25) is 0 Å². The van der Waals surface area contributed by atoms with Crippen LogP contribution in [0.15, 0.2) is 87.5 Å². The highest BCUT2D eigenvalue weighted by atomic mass is 32.2. The molecular weight excluding hydrogens is 470 g/mol. The van der Waals surface area contributed by atoms with Crippen molar-refractivity contribution in [1.29, 1.82) is 0 Å². The summed E-state index contributed by atoms with van der Waals surface area (Å²) >= 11 is 1.66. The molecule has 2 aromatic heterocycles. The molecule has 2 heterocycles. The molecule has 0 spiro atoms. The van der Waals surface area contributed by atoms with E-state index >= 15 is 0 Å². The van der Waals surface area contributed by atoms with E-state index in [-0.39, 0.29) is 22.9 Å². The molecule has 0 bridgehead atoms. The van der Waals surface area contributed by atoms with E-state index in [4.69, 9.17) is 5.14 Å². The van der Waals surface area contributed by atoms with Crippen LogP contribution >= 0.6 is 11.3 Å². The zero-order valence-electron chi connectivity index (χ0n) is 17.7. The van der Waals surface area contributed by atoms with Crippen molar-refractivity contribution in [3.8, 4) is 16.3 Å². The molecule has 3 aromatic carbocycles. The minimum atomic E-state index is -3.76. The van der Waals surface area contributed by atoms with Crippen molar-refractivity contribution in [2.45, 2.75) is 11.4 Å². The number of nitrogens with zero attached hydrogens (tertiary/aromatic N) is 1. The van der Waals surface area contributed by atoms with Gasteiger partial charge in [-0.2, -0.15) is 0 Å². The summed E-state index contributed by atoms with van der Waals surface area (Å²) in [5, 5.41) is 17.8. The van der Waals surface area contributed by atoms with Gasteiger partial charge in [-0.3, -0.25) is 14.8 Å². The van der Waals surface area contributed by atoms with Crippen LogP contribution in [-0.2, 0) is 16.6 Å². The van der Waals surface area contributed by atoms with Gasteiger partial charge in [0, 0.05) is 26.6 Å². The Morgan fingerprint density at radius 2 is 1.76 bits per heavy atom. The first-order valence-electron chi connectivity index (χ1n) is 10.3. The number of hydrogen-bond donors (Lipinski definition) is 3. The highest BCUT2D eigenvalue weighted by Gasteiger charge is 2.12. The van der Waals surface area contributed by atoms with Crippen molar-refractivity contribution in [3.05, 3.63) is 94.3 Å². The molecule has 0 fully saturated rings. The quantitative estimate of drug-likeness (QED) is 0.317. The second-order valence-electron chi connectivity index (χ2n) is 7.78. The van der Waals surface area contributed by atoms with Gasteiger partial charge in [-0.25, -0.2) is 13.6 Å². The summed E-state index contributed by atoms with van der Waals surface area (Å²) in [5.41, 5.74) is 1.72. The van der Waals surface area contributed by atoms with E-state index in [0.717, 1.165) is 21.4 Å². The Labute approximate surface area is 198 Å². The second-order valence-corrected chi connectivity index (χ2v) is 10.4. The van der Waals surface area contributed by atoms with Crippen molar-refractivity contribution < 1.29 is 13.5 Å². The van der Waals surface area contributed by atoms with Gasteiger partial charge in [-0.15, -0.1) is 11.3 Å². The van der Waals surface area contributed by atoms with Gasteiger partial charge in [0.1, 0.15) is 0 Å². The van der Waals surface area contributed by atoms with Crippen molar-refractivity contribution in [2.75, 3.05) is 0 Å². The molecule has 0 saturated heterocycles. The maximum atomic E-state index is 12.4. The number of H-pyrrole nitrogens is 1. The standard InChI is InChI=1S/C25H19N3O4S2/c26-34(31,32)18-8-5-15(6-9-18)13-27-14-21-20-11-17(7-10-19(20)24(29)28-25(21)30)23-12-16-3-1-2-4-22(16)33-23/h1-12,14H,13H2,(H2,26,31,32)(H2,28,29,30). The molecule has 7 nitrogen and oxygen atoms in total. The Morgan fingerprint density at radius 3 is 2.50 bits per heavy atom. The normalized spacial score (nSPS) is 12.1. The predicted molar refractivity (Wildman–Crippen MR) is 136 cm³/mol. The molecule has 4 N–H and O–H groups in total. The van der Waals surface area contributed by atoms with Crippen LogP contribution < -0.4 is 10.7 Å². The van der Waals surface area contributed by atoms with Gasteiger partial charge in [-0.05, 0) is 52.9 Å². The number of nitrogens with one attached hydrogen (secondary N) is 1. The van der Waals surface area contributed by atoms with Crippen molar-refractivity contribution >= 4 is 48.4 Å². The first-order valence-corrected chi connectivity index (χ1v) is 12.7. The maximum Gasteiger partial charge on any atom is 0.258 e. The fraction of sp³-hybridized carbons (Fsp3) is 0.0400. The fourth-order valence-electron chi connectivity index (χ4n) is 3.77. The molecule has 0 aliphatic heterocycles. The minimum absolute atomic E-state index is 0.0262. The lowest BCUT2D eigenvalue weighted by Gasteiger charge is -2.07. The molecule has 0 radical (unpaired) electrons. The van der Waals surface area contributed by atoms with Crippen molar-refractivity contribution in [3.63, 3.8) is 0 Å². The number of rotatable bonds is 5. The molecule has 0 unspecified atom stereocenters. The van der Waals surface area contributed by atoms with E-state index in [1.807, 2.05) is 24.3 Å². The predicted octanol–water partition coefficient (Wildman–Crippen LogP) is 4.38. The Bertz CT molecular complexity index is 1700. The van der Waals surface area contributed by atoms with Crippen LogP contribution in [0.1, 0.15) is 11.1 Å². The molecule has 170 valence electrons. The summed E-state index contributed by atoms with van der Waals surface area (Å²) in [6, 6.07) is 21.8. The zero-order chi connectivity index (χ0) is 23.9. The number of primary sulfonamides is 1. The third kappa shape index (κ3) is 4.24. The summed E-state index contributed by atoms with van der Waals surface area (Å²) in [4.78, 5) is 20.4. The number of hydrogen-bond acceptors (Lipinski definition) is 6. The average Bonchev–Trinajstić information content (AvgIpc) is 3.25. The highest BCUT2D eigenvalue weighted by Crippen LogP contribution is 2.35. The third-order valence-electron chi connectivity index (χ3n) is 5.50. The lowest BCUT2D eigenvalue weighted by molar-refractivity contribution is 0.452. The van der Waals surface area contributed by atoms with E-state index in [1.54, 1.807) is 29.5 Å². The molecule has 0 aliphatic carbocycles. The van der Waals surface area contributed by atoms with Crippen molar-refractivity contribution in [1.82, 2.24) is 4.98 Å². The number of sulfonamides is 1. The third-order valence-corrected chi connectivity index (χ3v) is 7.59. The Kier molecular flexibility index (Phi) is 5.52. The molecule has 0 atom stereocenters. The zero-order valence-corrected chi connectivity index (χ0v) is 19.4. The lowest BCUT2D eigenvalue weighted by Crippen LogP contribution is -2.11. The number of aromatic hydroxyl groups is 1. The fourth-order valence-corrected chi connectivity index (χ4v) is 5.34. The molecule has 0 amide bonds. The van der Waals surface area contributed by atoms with Gasteiger partial charge in [0.25, 0.3) is 5.56 Å². The van der Waals surface area contributed by atoms with Crippen LogP contribution in [0.25, 0.3) is 31.3 Å². The first-order chi connectivity index (χ1) is 16.3. The number of fused-ring (bicyclic) bond motifs is 2. The number of aromatic nitrogens is 1. The van der Waals surface area contributed by atoms with Gasteiger partial charge >= 0.3 is 0 Å². The van der Waals surface area contributed by atoms with Gasteiger partial charge in [0.15, 0.2) is 0 Å². The summed E-state index contributed by atoms with van der Waals surface area (Å²) < 4.78 is 24.0. The number of thiophene rings is 1. The van der Waals surface area contributed by atoms with E-state index in [9.17, 15) is 18.3 Å². The van der Waals surface area contributed by atoms with Crippen LogP contribution in [-0.4, -0.2) is 24.7 Å². The maximum absolute atomic E-state index is 12.4. The number of nitrogens with two attached hydrogens (primary N) is 1. The molecule has 0 saturated carbocycles.